The summed E-state index contributed by atoms with van der Waals surface area (Å²) in [5, 5.41) is 22.5. The number of fused-ring (bicyclic) bond motifs is 2. The fraction of sp³-hybridized carbons (Fsp3) is 0.800. The van der Waals surface area contributed by atoms with Gasteiger partial charge in [-0.2, -0.15) is 0 Å². The van der Waals surface area contributed by atoms with Gasteiger partial charge in [0.25, 0.3) is 0 Å². The molecule has 1 saturated heterocycles. The third kappa shape index (κ3) is 2.74. The summed E-state index contributed by atoms with van der Waals surface area (Å²) >= 11 is 0. The third-order valence-electron chi connectivity index (χ3n) is 12.0. The van der Waals surface area contributed by atoms with Crippen molar-refractivity contribution in [3.8, 4) is 0 Å². The Labute approximate surface area is 201 Å². The van der Waals surface area contributed by atoms with E-state index in [9.17, 15) is 10.2 Å². The summed E-state index contributed by atoms with van der Waals surface area (Å²) in [6, 6.07) is 0. The quantitative estimate of drug-likeness (QED) is 0.382. The number of aliphatic hydroxyl groups is 2. The van der Waals surface area contributed by atoms with Gasteiger partial charge >= 0.3 is 0 Å². The normalized spacial score (nSPS) is 52.8. The summed E-state index contributed by atoms with van der Waals surface area (Å²) in [5.41, 5.74) is 0.554. The van der Waals surface area contributed by atoms with E-state index in [1.807, 2.05) is 0 Å². The number of allylic oxidation sites excluding steroid dienone is 5. The molecule has 0 radical (unpaired) electrons. The van der Waals surface area contributed by atoms with Crippen LogP contribution in [0.2, 0.25) is 0 Å². The number of aliphatic hydroxyl groups excluding tert-OH is 2. The van der Waals surface area contributed by atoms with Gasteiger partial charge in [-0.15, -0.1) is 0 Å². The highest BCUT2D eigenvalue weighted by Crippen LogP contribution is 2.78. The van der Waals surface area contributed by atoms with Crippen molar-refractivity contribution in [2.75, 3.05) is 0 Å². The molecule has 5 rings (SSSR count). The Kier molecular flexibility index (Phi) is 5.27. The SMILES string of the molecule is CC(C)=CC=C[C@@H](C)[C@H]1CC[C@@]2(C)[C@@H]3C=C[C@@]45OC(O)[C@]3(CC[C@]12C)C4CC[C@H](O)C5(C)C. The van der Waals surface area contributed by atoms with E-state index in [-0.39, 0.29) is 22.2 Å². The summed E-state index contributed by atoms with van der Waals surface area (Å²) in [5.74, 6) is 1.81. The molecule has 2 unspecified atom stereocenters. The van der Waals surface area contributed by atoms with Crippen LogP contribution in [0.1, 0.15) is 87.0 Å². The smallest absolute Gasteiger partial charge is 0.162 e. The second-order valence-corrected chi connectivity index (χ2v) is 13.5. The van der Waals surface area contributed by atoms with Crippen molar-refractivity contribution in [3.63, 3.8) is 0 Å². The molecular formula is C30H46O3. The molecule has 184 valence electrons. The Morgan fingerprint density at radius 3 is 2.42 bits per heavy atom. The molecule has 10 atom stereocenters. The van der Waals surface area contributed by atoms with Gasteiger partial charge < -0.3 is 14.9 Å². The van der Waals surface area contributed by atoms with Gasteiger partial charge in [0.05, 0.1) is 6.10 Å². The van der Waals surface area contributed by atoms with E-state index in [4.69, 9.17) is 4.74 Å². The van der Waals surface area contributed by atoms with Crippen LogP contribution < -0.4 is 0 Å². The summed E-state index contributed by atoms with van der Waals surface area (Å²) in [6.07, 6.45) is 16.9. The number of hydrogen-bond acceptors (Lipinski definition) is 3. The van der Waals surface area contributed by atoms with E-state index in [0.29, 0.717) is 17.8 Å². The lowest BCUT2D eigenvalue weighted by Gasteiger charge is -2.65. The van der Waals surface area contributed by atoms with E-state index in [0.717, 1.165) is 25.7 Å². The average Bonchev–Trinajstić information content (AvgIpc) is 3.09. The van der Waals surface area contributed by atoms with E-state index in [2.05, 4.69) is 78.8 Å². The molecule has 2 bridgehead atoms. The molecular weight excluding hydrogens is 408 g/mol. The van der Waals surface area contributed by atoms with Crippen molar-refractivity contribution in [3.05, 3.63) is 36.0 Å². The topological polar surface area (TPSA) is 49.7 Å². The molecule has 3 nitrogen and oxygen atoms in total. The number of hydrogen-bond donors (Lipinski definition) is 2. The van der Waals surface area contributed by atoms with Gasteiger partial charge in [-0.1, -0.05) is 70.6 Å². The van der Waals surface area contributed by atoms with E-state index in [1.165, 1.54) is 18.4 Å². The minimum Gasteiger partial charge on any atom is -0.392 e. The molecule has 0 aromatic heterocycles. The maximum Gasteiger partial charge on any atom is 0.162 e. The first-order valence-corrected chi connectivity index (χ1v) is 13.4. The second-order valence-electron chi connectivity index (χ2n) is 13.5. The molecule has 3 heteroatoms. The molecule has 0 aromatic rings. The molecule has 1 spiro atoms. The maximum absolute atomic E-state index is 11.6. The largest absolute Gasteiger partial charge is 0.392 e. The maximum atomic E-state index is 11.6. The molecule has 3 saturated carbocycles. The lowest BCUT2D eigenvalue weighted by Crippen LogP contribution is -2.65. The zero-order valence-corrected chi connectivity index (χ0v) is 21.9. The van der Waals surface area contributed by atoms with Crippen LogP contribution in [-0.2, 0) is 4.74 Å². The molecule has 33 heavy (non-hydrogen) atoms. The first-order chi connectivity index (χ1) is 15.4. The summed E-state index contributed by atoms with van der Waals surface area (Å²) in [4.78, 5) is 0. The van der Waals surface area contributed by atoms with Crippen LogP contribution in [0.4, 0.5) is 0 Å². The highest BCUT2D eigenvalue weighted by Gasteiger charge is 2.78. The predicted molar refractivity (Wildman–Crippen MR) is 133 cm³/mol. The number of ether oxygens (including phenoxy) is 1. The van der Waals surface area contributed by atoms with Crippen LogP contribution in [0, 0.1) is 45.3 Å². The third-order valence-corrected chi connectivity index (χ3v) is 12.0. The van der Waals surface area contributed by atoms with Gasteiger partial charge in [0, 0.05) is 16.7 Å². The van der Waals surface area contributed by atoms with Crippen molar-refractivity contribution in [2.45, 2.75) is 105 Å². The van der Waals surface area contributed by atoms with Crippen LogP contribution in [0.5, 0.6) is 0 Å². The zero-order valence-electron chi connectivity index (χ0n) is 21.9. The minimum atomic E-state index is -0.748. The second kappa shape index (κ2) is 7.31. The molecule has 1 aliphatic heterocycles. The Morgan fingerprint density at radius 2 is 1.73 bits per heavy atom. The van der Waals surface area contributed by atoms with Gasteiger partial charge in [0.1, 0.15) is 5.60 Å². The van der Waals surface area contributed by atoms with Gasteiger partial charge in [-0.25, -0.2) is 0 Å². The fourth-order valence-electron chi connectivity index (χ4n) is 9.74. The van der Waals surface area contributed by atoms with Crippen LogP contribution in [0.25, 0.3) is 0 Å². The predicted octanol–water partition coefficient (Wildman–Crippen LogP) is 6.42. The van der Waals surface area contributed by atoms with E-state index >= 15 is 0 Å². The van der Waals surface area contributed by atoms with Crippen molar-refractivity contribution in [2.24, 2.45) is 45.3 Å². The van der Waals surface area contributed by atoms with Crippen molar-refractivity contribution in [1.82, 2.24) is 0 Å². The number of rotatable bonds is 3. The highest BCUT2D eigenvalue weighted by molar-refractivity contribution is 5.34. The first-order valence-electron chi connectivity index (χ1n) is 13.4. The Morgan fingerprint density at radius 1 is 1.00 bits per heavy atom. The van der Waals surface area contributed by atoms with Crippen LogP contribution in [0.3, 0.4) is 0 Å². The Balaban J connectivity index is 1.54. The minimum absolute atomic E-state index is 0.145. The van der Waals surface area contributed by atoms with Gasteiger partial charge in [-0.3, -0.25) is 0 Å². The fourth-order valence-corrected chi connectivity index (χ4v) is 9.74. The monoisotopic (exact) mass is 454 g/mol. The summed E-state index contributed by atoms with van der Waals surface area (Å²) in [7, 11) is 0. The standard InChI is InChI=1S/C30H46O3/c1-19(2)9-8-10-20(3)21-13-15-28(7)22-14-16-30-23(11-12-24(31)26(30,4)5)29(22,25(32)33-30)18-17-27(21,28)6/h8-10,14,16,20-25,31-32H,11-13,15,17-18H2,1-7H3/t20-,21-,22+,23?,24+,25?,27-,28+,29+,30-/m1/s1. The molecule has 1 heterocycles. The molecule has 4 fully saturated rings. The lowest BCUT2D eigenvalue weighted by molar-refractivity contribution is -0.213. The summed E-state index contributed by atoms with van der Waals surface area (Å²) in [6.45, 7) is 16.1. The van der Waals surface area contributed by atoms with Crippen molar-refractivity contribution in [1.29, 1.82) is 0 Å². The Hall–Kier alpha value is -0.900. The Bertz CT molecular complexity index is 896. The first kappa shape index (κ1) is 23.8. The van der Waals surface area contributed by atoms with Crippen LogP contribution in [-0.4, -0.2) is 28.2 Å². The zero-order chi connectivity index (χ0) is 24.0. The molecule has 5 aliphatic rings. The average molecular weight is 455 g/mol. The van der Waals surface area contributed by atoms with Gasteiger partial charge in [0.15, 0.2) is 6.29 Å². The molecule has 0 aromatic carbocycles. The van der Waals surface area contributed by atoms with E-state index < -0.39 is 23.4 Å². The van der Waals surface area contributed by atoms with Gasteiger partial charge in [0.2, 0.25) is 0 Å². The van der Waals surface area contributed by atoms with Crippen molar-refractivity contribution < 1.29 is 14.9 Å². The lowest BCUT2D eigenvalue weighted by atomic mass is 9.38. The highest BCUT2D eigenvalue weighted by atomic mass is 16.6. The summed E-state index contributed by atoms with van der Waals surface area (Å²) < 4.78 is 6.59. The molecule has 2 N–H and O–H groups in total. The molecule has 0 amide bonds. The van der Waals surface area contributed by atoms with Crippen LogP contribution in [0.15, 0.2) is 36.0 Å². The van der Waals surface area contributed by atoms with Crippen LogP contribution >= 0.6 is 0 Å². The van der Waals surface area contributed by atoms with Gasteiger partial charge in [-0.05, 0) is 81.0 Å². The molecule has 4 aliphatic carbocycles. The van der Waals surface area contributed by atoms with E-state index in [1.54, 1.807) is 0 Å². The van der Waals surface area contributed by atoms with Crippen molar-refractivity contribution >= 4 is 0 Å².